The molecule has 0 N–H and O–H groups in total. The number of hydrogen-bond acceptors (Lipinski definition) is 2. The molecule has 3 rings (SSSR count). The fourth-order valence-corrected chi connectivity index (χ4v) is 3.62. The van der Waals surface area contributed by atoms with E-state index in [9.17, 15) is 10.1 Å². The normalized spacial score (nSPS) is 50.5. The molecule has 0 unspecified atom stereocenters. The largest absolute Gasteiger partial charge is 0.295 e. The van der Waals surface area contributed by atoms with Crippen molar-refractivity contribution in [3.8, 4) is 6.07 Å². The van der Waals surface area contributed by atoms with Crippen LogP contribution in [0.5, 0.6) is 0 Å². The lowest BCUT2D eigenvalue weighted by Gasteiger charge is -2.38. The maximum atomic E-state index is 11.8. The lowest BCUT2D eigenvalue weighted by atomic mass is 9.62. The van der Waals surface area contributed by atoms with Crippen LogP contribution in [0, 0.1) is 40.4 Å². The van der Waals surface area contributed by atoms with E-state index in [0.29, 0.717) is 11.8 Å². The fraction of sp³-hybridized carbons (Fsp3) is 0.538. The molecule has 0 saturated heterocycles. The first-order valence-electron chi connectivity index (χ1n) is 5.48. The molecule has 0 aliphatic heterocycles. The van der Waals surface area contributed by atoms with E-state index in [1.165, 1.54) is 0 Å². The molecular formula is C13H13NO. The number of ketones is 1. The number of allylic oxidation sites excluding steroid dienone is 4. The van der Waals surface area contributed by atoms with Gasteiger partial charge in [-0.1, -0.05) is 18.2 Å². The number of nitrogens with zero attached hydrogens (tertiary/aromatic N) is 1. The molecule has 5 atom stereocenters. The van der Waals surface area contributed by atoms with Crippen molar-refractivity contribution in [2.45, 2.75) is 13.3 Å². The molecule has 3 aliphatic rings. The SMILES string of the molecule is C[C@]1(C#N)C=CC(=O)[C@H]2[C@@H]1[C@H]1C=C[C@@H]2C1. The Labute approximate surface area is 89.3 Å². The Balaban J connectivity index is 2.12. The van der Waals surface area contributed by atoms with E-state index >= 15 is 0 Å². The van der Waals surface area contributed by atoms with Crippen LogP contribution in [0.15, 0.2) is 24.3 Å². The van der Waals surface area contributed by atoms with E-state index in [0.717, 1.165) is 6.42 Å². The fourth-order valence-electron chi connectivity index (χ4n) is 3.62. The second-order valence-corrected chi connectivity index (χ2v) is 5.13. The van der Waals surface area contributed by atoms with Gasteiger partial charge in [0.1, 0.15) is 0 Å². The van der Waals surface area contributed by atoms with E-state index in [4.69, 9.17) is 0 Å². The minimum Gasteiger partial charge on any atom is -0.295 e. The van der Waals surface area contributed by atoms with Crippen LogP contribution in [0.2, 0.25) is 0 Å². The molecule has 2 nitrogen and oxygen atoms in total. The van der Waals surface area contributed by atoms with Gasteiger partial charge >= 0.3 is 0 Å². The number of nitriles is 1. The summed E-state index contributed by atoms with van der Waals surface area (Å²) >= 11 is 0. The number of carbonyl (C=O) groups is 1. The van der Waals surface area contributed by atoms with Crippen molar-refractivity contribution in [2.24, 2.45) is 29.1 Å². The van der Waals surface area contributed by atoms with Crippen LogP contribution in [0.25, 0.3) is 0 Å². The Morgan fingerprint density at radius 1 is 1.47 bits per heavy atom. The van der Waals surface area contributed by atoms with Gasteiger partial charge in [-0.3, -0.25) is 4.79 Å². The first kappa shape index (κ1) is 8.91. The highest BCUT2D eigenvalue weighted by Crippen LogP contribution is 2.57. The lowest BCUT2D eigenvalue weighted by molar-refractivity contribution is -0.122. The van der Waals surface area contributed by atoms with Gasteiger partial charge in [0.05, 0.1) is 11.5 Å². The van der Waals surface area contributed by atoms with Crippen LogP contribution in [-0.2, 0) is 4.79 Å². The van der Waals surface area contributed by atoms with Crippen molar-refractivity contribution in [1.82, 2.24) is 0 Å². The first-order chi connectivity index (χ1) is 7.15. The van der Waals surface area contributed by atoms with Crippen LogP contribution in [0.1, 0.15) is 13.3 Å². The summed E-state index contributed by atoms with van der Waals surface area (Å²) in [5.41, 5.74) is -0.442. The standard InChI is InChI=1S/C13H13NO/c1-13(7-14)5-4-10(15)11-8-2-3-9(6-8)12(11)13/h2-5,8-9,11-12H,6H2,1H3/t8-,9+,11+,12+,13-/m1/s1. The Hall–Kier alpha value is -1.36. The minimum atomic E-state index is -0.442. The molecule has 0 amide bonds. The third-order valence-electron chi connectivity index (χ3n) is 4.31. The van der Waals surface area contributed by atoms with Gasteiger partial charge < -0.3 is 0 Å². The van der Waals surface area contributed by atoms with Crippen molar-refractivity contribution in [2.75, 3.05) is 0 Å². The zero-order chi connectivity index (χ0) is 10.6. The van der Waals surface area contributed by atoms with Crippen molar-refractivity contribution < 1.29 is 4.79 Å². The minimum absolute atomic E-state index is 0.0784. The molecule has 0 heterocycles. The number of fused-ring (bicyclic) bond motifs is 5. The molecule has 0 radical (unpaired) electrons. The summed E-state index contributed by atoms with van der Waals surface area (Å²) in [6, 6.07) is 2.38. The maximum absolute atomic E-state index is 11.8. The summed E-state index contributed by atoms with van der Waals surface area (Å²) < 4.78 is 0. The van der Waals surface area contributed by atoms with Gasteiger partial charge in [-0.25, -0.2) is 0 Å². The van der Waals surface area contributed by atoms with Crippen molar-refractivity contribution in [1.29, 1.82) is 5.26 Å². The van der Waals surface area contributed by atoms with Gasteiger partial charge in [0.15, 0.2) is 5.78 Å². The van der Waals surface area contributed by atoms with Gasteiger partial charge in [0.25, 0.3) is 0 Å². The van der Waals surface area contributed by atoms with Gasteiger partial charge in [-0.15, -0.1) is 0 Å². The monoisotopic (exact) mass is 199 g/mol. The zero-order valence-electron chi connectivity index (χ0n) is 8.68. The van der Waals surface area contributed by atoms with E-state index in [2.05, 4.69) is 18.2 Å². The molecule has 15 heavy (non-hydrogen) atoms. The van der Waals surface area contributed by atoms with Gasteiger partial charge in [-0.05, 0) is 37.2 Å². The number of hydrogen-bond donors (Lipinski definition) is 0. The van der Waals surface area contributed by atoms with Crippen molar-refractivity contribution in [3.05, 3.63) is 24.3 Å². The van der Waals surface area contributed by atoms with Gasteiger partial charge in [0, 0.05) is 5.92 Å². The average molecular weight is 199 g/mol. The Bertz CT molecular complexity index is 428. The topological polar surface area (TPSA) is 40.9 Å². The zero-order valence-corrected chi connectivity index (χ0v) is 8.68. The third kappa shape index (κ3) is 0.958. The average Bonchev–Trinajstić information content (AvgIpc) is 2.84. The van der Waals surface area contributed by atoms with Crippen LogP contribution in [0.3, 0.4) is 0 Å². The van der Waals surface area contributed by atoms with Crippen LogP contribution in [-0.4, -0.2) is 5.78 Å². The molecule has 0 aromatic heterocycles. The Morgan fingerprint density at radius 3 is 2.93 bits per heavy atom. The number of carbonyl (C=O) groups excluding carboxylic acids is 1. The van der Waals surface area contributed by atoms with Crippen LogP contribution in [0.4, 0.5) is 0 Å². The highest BCUT2D eigenvalue weighted by atomic mass is 16.1. The van der Waals surface area contributed by atoms with Gasteiger partial charge in [0.2, 0.25) is 0 Å². The molecule has 2 heteroatoms. The molecule has 76 valence electrons. The molecule has 1 fully saturated rings. The first-order valence-corrected chi connectivity index (χ1v) is 5.48. The summed E-state index contributed by atoms with van der Waals surface area (Å²) in [4.78, 5) is 11.8. The summed E-state index contributed by atoms with van der Waals surface area (Å²) in [5.74, 6) is 1.36. The summed E-state index contributed by atoms with van der Waals surface area (Å²) in [6.07, 6.45) is 8.87. The summed E-state index contributed by atoms with van der Waals surface area (Å²) in [5, 5.41) is 9.28. The predicted molar refractivity (Wildman–Crippen MR) is 55.6 cm³/mol. The lowest BCUT2D eigenvalue weighted by Crippen LogP contribution is -2.40. The molecule has 2 bridgehead atoms. The Morgan fingerprint density at radius 2 is 2.20 bits per heavy atom. The molecule has 0 aromatic rings. The summed E-state index contributed by atoms with van der Waals surface area (Å²) in [7, 11) is 0. The van der Waals surface area contributed by atoms with E-state index in [1.54, 1.807) is 6.08 Å². The van der Waals surface area contributed by atoms with Crippen molar-refractivity contribution in [3.63, 3.8) is 0 Å². The third-order valence-corrected chi connectivity index (χ3v) is 4.31. The molecule has 3 aliphatic carbocycles. The van der Waals surface area contributed by atoms with Gasteiger partial charge in [-0.2, -0.15) is 5.26 Å². The molecule has 1 saturated carbocycles. The highest BCUT2D eigenvalue weighted by Gasteiger charge is 2.55. The smallest absolute Gasteiger partial charge is 0.159 e. The summed E-state index contributed by atoms with van der Waals surface area (Å²) in [6.45, 7) is 1.96. The van der Waals surface area contributed by atoms with E-state index in [1.807, 2.05) is 13.0 Å². The van der Waals surface area contributed by atoms with Crippen LogP contribution >= 0.6 is 0 Å². The Kier molecular flexibility index (Phi) is 1.55. The molecular weight excluding hydrogens is 186 g/mol. The highest BCUT2D eigenvalue weighted by molar-refractivity contribution is 5.94. The maximum Gasteiger partial charge on any atom is 0.159 e. The van der Waals surface area contributed by atoms with Crippen LogP contribution < -0.4 is 0 Å². The predicted octanol–water partition coefficient (Wildman–Crippen LogP) is 2.09. The van der Waals surface area contributed by atoms with E-state index in [-0.39, 0.29) is 17.6 Å². The molecule has 0 spiro atoms. The van der Waals surface area contributed by atoms with E-state index < -0.39 is 5.41 Å². The second-order valence-electron chi connectivity index (χ2n) is 5.13. The van der Waals surface area contributed by atoms with Crippen molar-refractivity contribution >= 4 is 5.78 Å². The second kappa shape index (κ2) is 2.61. The number of rotatable bonds is 0. The molecule has 0 aromatic carbocycles. The quantitative estimate of drug-likeness (QED) is 0.560.